The normalized spacial score (nSPS) is 10.4. The van der Waals surface area contributed by atoms with Crippen molar-refractivity contribution in [1.29, 1.82) is 0 Å². The van der Waals surface area contributed by atoms with Crippen LogP contribution < -0.4 is 4.90 Å². The molecule has 0 aliphatic carbocycles. The molecule has 0 bridgehead atoms. The summed E-state index contributed by atoms with van der Waals surface area (Å²) in [5, 5.41) is 0. The van der Waals surface area contributed by atoms with Crippen molar-refractivity contribution in [3.63, 3.8) is 0 Å². The number of hydrogen-bond donors (Lipinski definition) is 0. The van der Waals surface area contributed by atoms with Crippen molar-refractivity contribution >= 4 is 11.6 Å². The molecule has 2 heteroatoms. The van der Waals surface area contributed by atoms with Crippen LogP contribution in [0.4, 0.5) is 5.69 Å². The van der Waals surface area contributed by atoms with Crippen LogP contribution in [0.15, 0.2) is 30.3 Å². The van der Waals surface area contributed by atoms with Gasteiger partial charge in [-0.3, -0.25) is 4.79 Å². The van der Waals surface area contributed by atoms with E-state index < -0.39 is 0 Å². The van der Waals surface area contributed by atoms with E-state index in [9.17, 15) is 4.79 Å². The average molecular weight is 204 g/mol. The SMILES string of the molecule is [CH2]CCN(C(=O)C(C)C)c1ccccc1. The Kier molecular flexibility index (Phi) is 4.35. The van der Waals surface area contributed by atoms with Crippen molar-refractivity contribution in [1.82, 2.24) is 0 Å². The van der Waals surface area contributed by atoms with E-state index in [1.54, 1.807) is 4.90 Å². The summed E-state index contributed by atoms with van der Waals surface area (Å²) in [6.45, 7) is 8.32. The number of nitrogens with zero attached hydrogens (tertiary/aromatic N) is 1. The number of amides is 1. The van der Waals surface area contributed by atoms with Crippen LogP contribution in [-0.4, -0.2) is 12.5 Å². The topological polar surface area (TPSA) is 20.3 Å². The van der Waals surface area contributed by atoms with Crippen LogP contribution in [0.2, 0.25) is 0 Å². The number of rotatable bonds is 4. The molecule has 1 aromatic carbocycles. The minimum atomic E-state index is 0.0248. The molecule has 0 aliphatic rings. The summed E-state index contributed by atoms with van der Waals surface area (Å²) >= 11 is 0. The second kappa shape index (κ2) is 5.54. The summed E-state index contributed by atoms with van der Waals surface area (Å²) in [6, 6.07) is 9.75. The lowest BCUT2D eigenvalue weighted by molar-refractivity contribution is -0.121. The van der Waals surface area contributed by atoms with Gasteiger partial charge in [-0.05, 0) is 18.6 Å². The first kappa shape index (κ1) is 11.8. The van der Waals surface area contributed by atoms with Gasteiger partial charge in [-0.2, -0.15) is 0 Å². The maximum atomic E-state index is 11.9. The molecule has 0 fully saturated rings. The van der Waals surface area contributed by atoms with Gasteiger partial charge in [0.15, 0.2) is 0 Å². The highest BCUT2D eigenvalue weighted by Crippen LogP contribution is 2.16. The Labute approximate surface area is 91.9 Å². The van der Waals surface area contributed by atoms with E-state index in [0.717, 1.165) is 12.1 Å². The third-order valence-electron chi connectivity index (χ3n) is 2.21. The Hall–Kier alpha value is -1.31. The minimum Gasteiger partial charge on any atom is -0.312 e. The molecule has 1 radical (unpaired) electrons. The first-order chi connectivity index (χ1) is 7.16. The fourth-order valence-corrected chi connectivity index (χ4v) is 1.44. The maximum absolute atomic E-state index is 11.9. The zero-order valence-electron chi connectivity index (χ0n) is 9.44. The first-order valence-corrected chi connectivity index (χ1v) is 5.32. The van der Waals surface area contributed by atoms with Crippen molar-refractivity contribution in [2.45, 2.75) is 20.3 Å². The second-order valence-electron chi connectivity index (χ2n) is 3.83. The monoisotopic (exact) mass is 204 g/mol. The number of carbonyl (C=O) groups excluding carboxylic acids is 1. The van der Waals surface area contributed by atoms with Crippen molar-refractivity contribution in [3.05, 3.63) is 37.3 Å². The van der Waals surface area contributed by atoms with Gasteiger partial charge in [0.05, 0.1) is 0 Å². The Morgan fingerprint density at radius 1 is 1.33 bits per heavy atom. The molecule has 0 aliphatic heterocycles. The summed E-state index contributed by atoms with van der Waals surface area (Å²) in [7, 11) is 0. The Bertz CT molecular complexity index is 306. The van der Waals surface area contributed by atoms with E-state index in [0.29, 0.717) is 6.54 Å². The third kappa shape index (κ3) is 3.08. The van der Waals surface area contributed by atoms with Crippen LogP contribution in [-0.2, 0) is 4.79 Å². The molecule has 81 valence electrons. The molecular formula is C13H18NO. The van der Waals surface area contributed by atoms with Crippen molar-refractivity contribution in [3.8, 4) is 0 Å². The molecule has 0 saturated heterocycles. The van der Waals surface area contributed by atoms with E-state index in [1.165, 1.54) is 0 Å². The van der Waals surface area contributed by atoms with E-state index >= 15 is 0 Å². The molecule has 0 unspecified atom stereocenters. The number of benzene rings is 1. The Balaban J connectivity index is 2.88. The van der Waals surface area contributed by atoms with Gasteiger partial charge in [0.25, 0.3) is 0 Å². The number of carbonyl (C=O) groups is 1. The van der Waals surface area contributed by atoms with Crippen LogP contribution in [0.1, 0.15) is 20.3 Å². The molecule has 1 rings (SSSR count). The summed E-state index contributed by atoms with van der Waals surface area (Å²) in [6.07, 6.45) is 0.730. The highest BCUT2D eigenvalue weighted by molar-refractivity contribution is 5.94. The summed E-state index contributed by atoms with van der Waals surface area (Å²) in [4.78, 5) is 13.7. The predicted molar refractivity (Wildman–Crippen MR) is 63.6 cm³/mol. The molecule has 1 amide bonds. The van der Waals surface area contributed by atoms with Gasteiger partial charge in [-0.25, -0.2) is 0 Å². The molecule has 0 saturated carbocycles. The van der Waals surface area contributed by atoms with E-state index in [-0.39, 0.29) is 11.8 Å². The van der Waals surface area contributed by atoms with Crippen LogP contribution in [0, 0.1) is 12.8 Å². The van der Waals surface area contributed by atoms with Gasteiger partial charge in [-0.1, -0.05) is 39.0 Å². The molecule has 2 nitrogen and oxygen atoms in total. The highest BCUT2D eigenvalue weighted by Gasteiger charge is 2.17. The minimum absolute atomic E-state index is 0.0248. The first-order valence-electron chi connectivity index (χ1n) is 5.32. The fourth-order valence-electron chi connectivity index (χ4n) is 1.44. The van der Waals surface area contributed by atoms with Crippen LogP contribution in [0.5, 0.6) is 0 Å². The fraction of sp³-hybridized carbons (Fsp3) is 0.385. The van der Waals surface area contributed by atoms with Gasteiger partial charge in [0.2, 0.25) is 5.91 Å². The molecule has 0 spiro atoms. The molecule has 0 atom stereocenters. The van der Waals surface area contributed by atoms with Gasteiger partial charge >= 0.3 is 0 Å². The zero-order valence-corrected chi connectivity index (χ0v) is 9.44. The standard InChI is InChI=1S/C13H18NO/c1-4-10-14(13(15)11(2)3)12-8-6-5-7-9-12/h5-9,11H,1,4,10H2,2-3H3. The molecule has 1 aromatic rings. The molecule has 0 N–H and O–H groups in total. The van der Waals surface area contributed by atoms with E-state index in [2.05, 4.69) is 6.92 Å². The number of anilines is 1. The van der Waals surface area contributed by atoms with Crippen molar-refractivity contribution < 1.29 is 4.79 Å². The Morgan fingerprint density at radius 2 is 1.93 bits per heavy atom. The van der Waals surface area contributed by atoms with Gasteiger partial charge in [0.1, 0.15) is 0 Å². The predicted octanol–water partition coefficient (Wildman–Crippen LogP) is 2.90. The van der Waals surface area contributed by atoms with Crippen LogP contribution in [0.3, 0.4) is 0 Å². The number of hydrogen-bond acceptors (Lipinski definition) is 1. The molecule has 0 aromatic heterocycles. The van der Waals surface area contributed by atoms with Crippen LogP contribution >= 0.6 is 0 Å². The summed E-state index contributed by atoms with van der Waals surface area (Å²) < 4.78 is 0. The lowest BCUT2D eigenvalue weighted by atomic mass is 10.1. The largest absolute Gasteiger partial charge is 0.312 e. The molecular weight excluding hydrogens is 186 g/mol. The lowest BCUT2D eigenvalue weighted by Crippen LogP contribution is -2.34. The summed E-state index contributed by atoms with van der Waals surface area (Å²) in [5.41, 5.74) is 0.958. The van der Waals surface area contributed by atoms with Gasteiger partial charge < -0.3 is 4.90 Å². The molecule has 15 heavy (non-hydrogen) atoms. The van der Waals surface area contributed by atoms with Crippen molar-refractivity contribution in [2.75, 3.05) is 11.4 Å². The smallest absolute Gasteiger partial charge is 0.229 e. The van der Waals surface area contributed by atoms with E-state index in [4.69, 9.17) is 0 Å². The van der Waals surface area contributed by atoms with Gasteiger partial charge in [0, 0.05) is 18.2 Å². The van der Waals surface area contributed by atoms with E-state index in [1.807, 2.05) is 44.2 Å². The number of para-hydroxylation sites is 1. The molecule has 0 heterocycles. The quantitative estimate of drug-likeness (QED) is 0.738. The maximum Gasteiger partial charge on any atom is 0.229 e. The average Bonchev–Trinajstić information content (AvgIpc) is 2.26. The van der Waals surface area contributed by atoms with Crippen molar-refractivity contribution in [2.24, 2.45) is 5.92 Å². The van der Waals surface area contributed by atoms with Crippen LogP contribution in [0.25, 0.3) is 0 Å². The van der Waals surface area contributed by atoms with Gasteiger partial charge in [-0.15, -0.1) is 0 Å². The summed E-state index contributed by atoms with van der Waals surface area (Å²) in [5.74, 6) is 0.182. The lowest BCUT2D eigenvalue weighted by Gasteiger charge is -2.24. The second-order valence-corrected chi connectivity index (χ2v) is 3.83. The zero-order chi connectivity index (χ0) is 11.3. The highest BCUT2D eigenvalue weighted by atomic mass is 16.2. The Morgan fingerprint density at radius 3 is 2.40 bits per heavy atom. The third-order valence-corrected chi connectivity index (χ3v) is 2.21.